The minimum absolute atomic E-state index is 0.225. The molecule has 1 aliphatic heterocycles. The smallest absolute Gasteiger partial charge is 0.322 e. The van der Waals surface area contributed by atoms with Crippen LogP contribution in [0.2, 0.25) is 5.02 Å². The summed E-state index contributed by atoms with van der Waals surface area (Å²) in [6.45, 7) is 2.28. The van der Waals surface area contributed by atoms with E-state index in [4.69, 9.17) is 21.1 Å². The van der Waals surface area contributed by atoms with Gasteiger partial charge in [0.25, 0.3) is 0 Å². The summed E-state index contributed by atoms with van der Waals surface area (Å²) >= 11 is 6.23. The first kappa shape index (κ1) is 20.8. The van der Waals surface area contributed by atoms with Crippen LogP contribution in [-0.2, 0) is 11.2 Å². The van der Waals surface area contributed by atoms with Gasteiger partial charge in [-0.3, -0.25) is 4.79 Å². The molecule has 0 bridgehead atoms. The van der Waals surface area contributed by atoms with Gasteiger partial charge in [-0.1, -0.05) is 17.7 Å². The van der Waals surface area contributed by atoms with E-state index in [0.29, 0.717) is 35.2 Å². The van der Waals surface area contributed by atoms with Crippen LogP contribution >= 0.6 is 11.6 Å². The predicted octanol–water partition coefficient (Wildman–Crippen LogP) is 4.27. The normalized spacial score (nSPS) is 15.4. The summed E-state index contributed by atoms with van der Waals surface area (Å²) in [6.07, 6.45) is 0.346. The number of carboxylic acid groups (broad SMARTS) is 1. The number of nitrogens with zero attached hydrogens (tertiary/aromatic N) is 1. The Labute approximate surface area is 174 Å². The maximum absolute atomic E-state index is 13.0. The molecule has 0 radical (unpaired) electrons. The molecule has 1 heterocycles. The van der Waals surface area contributed by atoms with E-state index < -0.39 is 18.0 Å². The van der Waals surface area contributed by atoms with Gasteiger partial charge in [-0.2, -0.15) is 0 Å². The fourth-order valence-corrected chi connectivity index (χ4v) is 3.85. The average Bonchev–Trinajstić information content (AvgIpc) is 2.68. The monoisotopic (exact) mass is 418 g/mol. The van der Waals surface area contributed by atoms with Crippen LogP contribution in [0.25, 0.3) is 0 Å². The molecule has 0 fully saturated rings. The van der Waals surface area contributed by atoms with Crippen molar-refractivity contribution < 1.29 is 24.2 Å². The van der Waals surface area contributed by atoms with Gasteiger partial charge in [0.1, 0.15) is 0 Å². The van der Waals surface area contributed by atoms with Crippen LogP contribution < -0.4 is 14.8 Å². The highest BCUT2D eigenvalue weighted by atomic mass is 35.5. The minimum atomic E-state index is -0.996. The van der Waals surface area contributed by atoms with E-state index in [1.165, 1.54) is 12.0 Å². The highest BCUT2D eigenvalue weighted by Crippen LogP contribution is 2.39. The molecule has 154 valence electrons. The Morgan fingerprint density at radius 1 is 1.21 bits per heavy atom. The number of hydrogen-bond donors (Lipinski definition) is 2. The van der Waals surface area contributed by atoms with Crippen LogP contribution in [0.3, 0.4) is 0 Å². The summed E-state index contributed by atoms with van der Waals surface area (Å²) in [5.74, 6) is 0.0685. The van der Waals surface area contributed by atoms with Crippen molar-refractivity contribution in [3.63, 3.8) is 0 Å². The van der Waals surface area contributed by atoms with Crippen LogP contribution in [0.1, 0.15) is 29.2 Å². The standard InChI is InChI=1S/C21H23ClN2O5/c1-12-4-5-16(15(22)8-12)23-21(27)24-7-6-13-9-18(28-2)19(29-3)10-14(13)17(24)11-20(25)26/h4-5,8-10,17H,6-7,11H2,1-3H3,(H,23,27)(H,25,26)/t17-/m1/s1. The molecule has 1 aliphatic rings. The number of carbonyl (C=O) groups excluding carboxylic acids is 1. The van der Waals surface area contributed by atoms with Crippen molar-refractivity contribution >= 4 is 29.3 Å². The summed E-state index contributed by atoms with van der Waals surface area (Å²) in [5, 5.41) is 12.7. The number of halogens is 1. The first-order valence-corrected chi connectivity index (χ1v) is 9.52. The zero-order valence-corrected chi connectivity index (χ0v) is 17.2. The summed E-state index contributed by atoms with van der Waals surface area (Å²) in [7, 11) is 3.07. The molecule has 2 N–H and O–H groups in total. The van der Waals surface area contributed by atoms with Crippen LogP contribution in [0.15, 0.2) is 30.3 Å². The quantitative estimate of drug-likeness (QED) is 0.756. The molecule has 29 heavy (non-hydrogen) atoms. The Bertz CT molecular complexity index is 947. The van der Waals surface area contributed by atoms with Crippen molar-refractivity contribution in [3.05, 3.63) is 52.0 Å². The van der Waals surface area contributed by atoms with E-state index in [9.17, 15) is 14.7 Å². The fraction of sp³-hybridized carbons (Fsp3) is 0.333. The minimum Gasteiger partial charge on any atom is -0.493 e. The molecule has 8 heteroatoms. The summed E-state index contributed by atoms with van der Waals surface area (Å²) in [6, 6.07) is 7.89. The number of amides is 2. The van der Waals surface area contributed by atoms with Gasteiger partial charge in [-0.05, 0) is 54.3 Å². The lowest BCUT2D eigenvalue weighted by Crippen LogP contribution is -2.43. The number of aliphatic carboxylic acids is 1. The molecule has 0 saturated carbocycles. The number of carboxylic acids is 1. The van der Waals surface area contributed by atoms with E-state index in [-0.39, 0.29) is 6.42 Å². The number of hydrogen-bond acceptors (Lipinski definition) is 4. The van der Waals surface area contributed by atoms with Gasteiger partial charge in [0.05, 0.1) is 37.4 Å². The Kier molecular flexibility index (Phi) is 6.17. The Hall–Kier alpha value is -2.93. The van der Waals surface area contributed by atoms with E-state index in [1.807, 2.05) is 19.1 Å². The third-order valence-electron chi connectivity index (χ3n) is 5.00. The molecule has 0 unspecified atom stereocenters. The third-order valence-corrected chi connectivity index (χ3v) is 5.31. The molecular formula is C21H23ClN2O5. The number of carbonyl (C=O) groups is 2. The van der Waals surface area contributed by atoms with E-state index in [2.05, 4.69) is 5.32 Å². The van der Waals surface area contributed by atoms with Crippen molar-refractivity contribution in [1.29, 1.82) is 0 Å². The second-order valence-corrected chi connectivity index (χ2v) is 7.28. The molecule has 0 aliphatic carbocycles. The summed E-state index contributed by atoms with van der Waals surface area (Å²) in [5.41, 5.74) is 3.13. The Balaban J connectivity index is 1.94. The van der Waals surface area contributed by atoms with E-state index in [1.54, 1.807) is 25.3 Å². The lowest BCUT2D eigenvalue weighted by Gasteiger charge is -2.37. The van der Waals surface area contributed by atoms with Crippen molar-refractivity contribution in [2.45, 2.75) is 25.8 Å². The number of fused-ring (bicyclic) bond motifs is 1. The first-order valence-electron chi connectivity index (χ1n) is 9.14. The van der Waals surface area contributed by atoms with Gasteiger partial charge in [-0.15, -0.1) is 0 Å². The van der Waals surface area contributed by atoms with Crippen molar-refractivity contribution in [2.24, 2.45) is 0 Å². The maximum atomic E-state index is 13.0. The molecule has 2 aromatic carbocycles. The number of benzene rings is 2. The van der Waals surface area contributed by atoms with Gasteiger partial charge >= 0.3 is 12.0 Å². The summed E-state index contributed by atoms with van der Waals surface area (Å²) in [4.78, 5) is 26.1. The van der Waals surface area contributed by atoms with Crippen LogP contribution in [-0.4, -0.2) is 42.8 Å². The van der Waals surface area contributed by atoms with Crippen molar-refractivity contribution in [3.8, 4) is 11.5 Å². The topological polar surface area (TPSA) is 88.1 Å². The number of nitrogens with one attached hydrogen (secondary N) is 1. The molecule has 0 aromatic heterocycles. The number of ether oxygens (including phenoxy) is 2. The van der Waals surface area contributed by atoms with Crippen molar-refractivity contribution in [2.75, 3.05) is 26.1 Å². The maximum Gasteiger partial charge on any atom is 0.322 e. The lowest BCUT2D eigenvalue weighted by atomic mass is 9.90. The molecule has 2 aromatic rings. The van der Waals surface area contributed by atoms with Gasteiger partial charge in [0.15, 0.2) is 11.5 Å². The van der Waals surface area contributed by atoms with Crippen LogP contribution in [0.5, 0.6) is 11.5 Å². The van der Waals surface area contributed by atoms with Gasteiger partial charge < -0.3 is 24.8 Å². The average molecular weight is 419 g/mol. The molecule has 0 spiro atoms. The first-order chi connectivity index (χ1) is 13.8. The third kappa shape index (κ3) is 4.40. The van der Waals surface area contributed by atoms with Gasteiger partial charge in [-0.25, -0.2) is 4.79 Å². The predicted molar refractivity (Wildman–Crippen MR) is 110 cm³/mol. The lowest BCUT2D eigenvalue weighted by molar-refractivity contribution is -0.138. The Morgan fingerprint density at radius 3 is 2.52 bits per heavy atom. The molecule has 0 saturated heterocycles. The second-order valence-electron chi connectivity index (χ2n) is 6.88. The SMILES string of the molecule is COc1cc2c(cc1OC)[C@@H](CC(=O)O)N(C(=O)Nc1ccc(C)cc1Cl)CC2. The number of rotatable bonds is 5. The number of anilines is 1. The number of aryl methyl sites for hydroxylation is 1. The van der Waals surface area contributed by atoms with Gasteiger partial charge in [0, 0.05) is 6.54 Å². The van der Waals surface area contributed by atoms with Crippen LogP contribution in [0, 0.1) is 6.92 Å². The largest absolute Gasteiger partial charge is 0.493 e. The van der Waals surface area contributed by atoms with Crippen molar-refractivity contribution in [1.82, 2.24) is 4.90 Å². The van der Waals surface area contributed by atoms with E-state index >= 15 is 0 Å². The number of methoxy groups -OCH3 is 2. The molecule has 1 atom stereocenters. The fourth-order valence-electron chi connectivity index (χ4n) is 3.57. The molecule has 7 nitrogen and oxygen atoms in total. The van der Waals surface area contributed by atoms with E-state index in [0.717, 1.165) is 16.7 Å². The molecule has 3 rings (SSSR count). The summed E-state index contributed by atoms with van der Waals surface area (Å²) < 4.78 is 10.7. The Morgan fingerprint density at radius 2 is 1.90 bits per heavy atom. The zero-order valence-electron chi connectivity index (χ0n) is 16.5. The van der Waals surface area contributed by atoms with Gasteiger partial charge in [0.2, 0.25) is 0 Å². The zero-order chi connectivity index (χ0) is 21.1. The number of urea groups is 1. The highest BCUT2D eigenvalue weighted by Gasteiger charge is 2.34. The molecule has 2 amide bonds. The highest BCUT2D eigenvalue weighted by molar-refractivity contribution is 6.33. The molecular weight excluding hydrogens is 396 g/mol. The second kappa shape index (κ2) is 8.61. The van der Waals surface area contributed by atoms with Crippen LogP contribution in [0.4, 0.5) is 10.5 Å².